The summed E-state index contributed by atoms with van der Waals surface area (Å²) in [5.74, 6) is -1.32. The third-order valence-electron chi connectivity index (χ3n) is 3.97. The lowest BCUT2D eigenvalue weighted by atomic mass is 10.1. The number of amides is 3. The Morgan fingerprint density at radius 3 is 2.12 bits per heavy atom. The van der Waals surface area contributed by atoms with Crippen LogP contribution in [0, 0.1) is 0 Å². The number of rotatable bonds is 6. The first-order valence-electron chi connectivity index (χ1n) is 9.65. The third-order valence-corrected chi connectivity index (χ3v) is 3.97. The molecule has 0 bridgehead atoms. The fourth-order valence-electron chi connectivity index (χ4n) is 2.56. The zero-order valence-corrected chi connectivity index (χ0v) is 17.8. The summed E-state index contributed by atoms with van der Waals surface area (Å²) in [5, 5.41) is 7.37. The molecule has 0 saturated carbocycles. The zero-order valence-electron chi connectivity index (χ0n) is 17.8. The lowest BCUT2D eigenvalue weighted by Gasteiger charge is -2.19. The molecule has 0 aliphatic carbocycles. The van der Waals surface area contributed by atoms with Gasteiger partial charge in [-0.15, -0.1) is 0 Å². The average molecular weight is 451 g/mol. The van der Waals surface area contributed by atoms with Crippen LogP contribution in [0.3, 0.4) is 0 Å². The molecule has 0 fully saturated rings. The lowest BCUT2D eigenvalue weighted by molar-refractivity contribution is -0.137. The number of alkyl halides is 3. The van der Waals surface area contributed by atoms with E-state index in [2.05, 4.69) is 16.0 Å². The maximum absolute atomic E-state index is 13.1. The number of benzene rings is 2. The molecule has 2 rings (SSSR count). The molecule has 172 valence electrons. The number of nitrogens with one attached hydrogen (secondary N) is 3. The van der Waals surface area contributed by atoms with Crippen LogP contribution in [0.2, 0.25) is 0 Å². The molecule has 3 N–H and O–H groups in total. The van der Waals surface area contributed by atoms with E-state index in [1.165, 1.54) is 24.3 Å². The fraction of sp³-hybridized carbons (Fsp3) is 0.318. The largest absolute Gasteiger partial charge is 0.444 e. The molecule has 10 heteroatoms. The van der Waals surface area contributed by atoms with Crippen molar-refractivity contribution in [3.8, 4) is 0 Å². The molecule has 0 radical (unpaired) electrons. The van der Waals surface area contributed by atoms with E-state index in [0.29, 0.717) is 11.3 Å². The Hall–Kier alpha value is -3.56. The molecule has 0 spiro atoms. The standard InChI is InChI=1S/C22H24F3N3O4/c1-21(2,3)32-20(31)27-13-18(29)26-12-14-8-10-15(11-9-14)28-19(30)16-6-4-5-7-17(16)22(23,24)25/h4-11H,12-13H2,1-3H3,(H,26,29)(H,27,31)(H,28,30). The van der Waals surface area contributed by atoms with Crippen molar-refractivity contribution in [3.05, 3.63) is 65.2 Å². The second-order valence-electron chi connectivity index (χ2n) is 7.83. The first-order valence-corrected chi connectivity index (χ1v) is 9.65. The Balaban J connectivity index is 1.87. The second-order valence-corrected chi connectivity index (χ2v) is 7.83. The second kappa shape index (κ2) is 10.2. The molecule has 0 aliphatic rings. The molecule has 3 amide bonds. The Kier molecular flexibility index (Phi) is 7.85. The van der Waals surface area contributed by atoms with E-state index >= 15 is 0 Å². The van der Waals surface area contributed by atoms with Crippen molar-refractivity contribution in [2.45, 2.75) is 39.1 Å². The third kappa shape index (κ3) is 7.93. The molecular formula is C22H24F3N3O4. The summed E-state index contributed by atoms with van der Waals surface area (Å²) in [5.41, 5.74) is -1.18. The molecule has 32 heavy (non-hydrogen) atoms. The predicted octanol–water partition coefficient (Wildman–Crippen LogP) is 4.10. The Morgan fingerprint density at radius 2 is 1.53 bits per heavy atom. The van der Waals surface area contributed by atoms with Gasteiger partial charge in [0.15, 0.2) is 0 Å². The van der Waals surface area contributed by atoms with Crippen molar-refractivity contribution in [1.82, 2.24) is 10.6 Å². The highest BCUT2D eigenvalue weighted by atomic mass is 19.4. The molecule has 0 atom stereocenters. The maximum atomic E-state index is 13.1. The number of ether oxygens (including phenoxy) is 1. The van der Waals surface area contributed by atoms with E-state index in [1.54, 1.807) is 32.9 Å². The molecule has 0 aromatic heterocycles. The molecular weight excluding hydrogens is 427 g/mol. The van der Waals surface area contributed by atoms with Crippen LogP contribution < -0.4 is 16.0 Å². The van der Waals surface area contributed by atoms with Gasteiger partial charge in [-0.05, 0) is 50.6 Å². The smallest absolute Gasteiger partial charge is 0.417 e. The topological polar surface area (TPSA) is 96.5 Å². The minimum atomic E-state index is -4.64. The summed E-state index contributed by atoms with van der Waals surface area (Å²) >= 11 is 0. The number of carbonyl (C=O) groups excluding carboxylic acids is 3. The lowest BCUT2D eigenvalue weighted by Crippen LogP contribution is -2.39. The highest BCUT2D eigenvalue weighted by Gasteiger charge is 2.34. The van der Waals surface area contributed by atoms with E-state index in [-0.39, 0.29) is 13.1 Å². The van der Waals surface area contributed by atoms with Gasteiger partial charge in [-0.25, -0.2) is 4.79 Å². The first kappa shape index (κ1) is 24.7. The summed E-state index contributed by atoms with van der Waals surface area (Å²) in [6.45, 7) is 5.00. The van der Waals surface area contributed by atoms with E-state index in [1.807, 2.05) is 0 Å². The van der Waals surface area contributed by atoms with Gasteiger partial charge in [-0.2, -0.15) is 13.2 Å². The number of anilines is 1. The van der Waals surface area contributed by atoms with Gasteiger partial charge >= 0.3 is 12.3 Å². The Bertz CT molecular complexity index is 968. The molecule has 0 heterocycles. The van der Waals surface area contributed by atoms with Crippen molar-refractivity contribution in [2.24, 2.45) is 0 Å². The number of hydrogen-bond donors (Lipinski definition) is 3. The van der Waals surface area contributed by atoms with Gasteiger partial charge in [-0.3, -0.25) is 9.59 Å². The monoisotopic (exact) mass is 451 g/mol. The number of carbonyl (C=O) groups is 3. The predicted molar refractivity (Wildman–Crippen MR) is 112 cm³/mol. The van der Waals surface area contributed by atoms with Gasteiger partial charge in [0.25, 0.3) is 5.91 Å². The van der Waals surface area contributed by atoms with Crippen LogP contribution >= 0.6 is 0 Å². The van der Waals surface area contributed by atoms with Crippen molar-refractivity contribution in [3.63, 3.8) is 0 Å². The van der Waals surface area contributed by atoms with Crippen LogP contribution in [0.1, 0.15) is 42.3 Å². The van der Waals surface area contributed by atoms with E-state index in [0.717, 1.165) is 12.1 Å². The Labute approximate surface area is 183 Å². The SMILES string of the molecule is CC(C)(C)OC(=O)NCC(=O)NCc1ccc(NC(=O)c2ccccc2C(F)(F)F)cc1. The number of alkyl carbamates (subject to hydrolysis) is 1. The van der Waals surface area contributed by atoms with Crippen molar-refractivity contribution >= 4 is 23.6 Å². The van der Waals surface area contributed by atoms with Gasteiger partial charge in [0.05, 0.1) is 11.1 Å². The highest BCUT2D eigenvalue weighted by Crippen LogP contribution is 2.32. The summed E-state index contributed by atoms with van der Waals surface area (Å²) in [6.07, 6.45) is -5.35. The van der Waals surface area contributed by atoms with Gasteiger partial charge in [0.1, 0.15) is 12.1 Å². The molecule has 2 aromatic carbocycles. The number of hydrogen-bond acceptors (Lipinski definition) is 4. The van der Waals surface area contributed by atoms with Crippen LogP contribution in [0.4, 0.5) is 23.7 Å². The minimum Gasteiger partial charge on any atom is -0.444 e. The van der Waals surface area contributed by atoms with Gasteiger partial charge < -0.3 is 20.7 Å². The average Bonchev–Trinajstić information content (AvgIpc) is 2.70. The quantitative estimate of drug-likeness (QED) is 0.616. The van der Waals surface area contributed by atoms with Crippen LogP contribution in [-0.2, 0) is 22.3 Å². The summed E-state index contributed by atoms with van der Waals surface area (Å²) in [4.78, 5) is 35.7. The molecule has 0 aliphatic heterocycles. The molecule has 0 unspecified atom stereocenters. The maximum Gasteiger partial charge on any atom is 0.417 e. The van der Waals surface area contributed by atoms with Gasteiger partial charge in [-0.1, -0.05) is 24.3 Å². The van der Waals surface area contributed by atoms with E-state index in [9.17, 15) is 27.6 Å². The van der Waals surface area contributed by atoms with E-state index in [4.69, 9.17) is 4.74 Å². The van der Waals surface area contributed by atoms with Crippen LogP contribution in [-0.4, -0.2) is 30.1 Å². The van der Waals surface area contributed by atoms with Crippen molar-refractivity contribution in [2.75, 3.05) is 11.9 Å². The molecule has 7 nitrogen and oxygen atoms in total. The summed E-state index contributed by atoms with van der Waals surface area (Å²) in [6, 6.07) is 10.7. The van der Waals surface area contributed by atoms with Gasteiger partial charge in [0, 0.05) is 12.2 Å². The fourth-order valence-corrected chi connectivity index (χ4v) is 2.56. The highest BCUT2D eigenvalue weighted by molar-refractivity contribution is 6.05. The minimum absolute atomic E-state index is 0.153. The van der Waals surface area contributed by atoms with Crippen molar-refractivity contribution < 1.29 is 32.3 Å². The molecule has 2 aromatic rings. The van der Waals surface area contributed by atoms with E-state index < -0.39 is 40.8 Å². The summed E-state index contributed by atoms with van der Waals surface area (Å²) < 4.78 is 44.3. The van der Waals surface area contributed by atoms with Crippen molar-refractivity contribution in [1.29, 1.82) is 0 Å². The Morgan fingerprint density at radius 1 is 0.906 bits per heavy atom. The summed E-state index contributed by atoms with van der Waals surface area (Å²) in [7, 11) is 0. The number of halogens is 3. The van der Waals surface area contributed by atoms with Gasteiger partial charge in [0.2, 0.25) is 5.91 Å². The molecule has 0 saturated heterocycles. The normalized spacial score (nSPS) is 11.4. The first-order chi connectivity index (χ1) is 14.8. The van der Waals surface area contributed by atoms with Crippen LogP contribution in [0.15, 0.2) is 48.5 Å². The van der Waals surface area contributed by atoms with Crippen LogP contribution in [0.5, 0.6) is 0 Å². The van der Waals surface area contributed by atoms with Crippen LogP contribution in [0.25, 0.3) is 0 Å². The zero-order chi connectivity index (χ0) is 23.9.